The van der Waals surface area contributed by atoms with Gasteiger partial charge in [-0.2, -0.15) is 5.10 Å². The molecule has 84 valence electrons. The van der Waals surface area contributed by atoms with Crippen LogP contribution < -0.4 is 10.5 Å². The Labute approximate surface area is 93.9 Å². The minimum Gasteiger partial charge on any atom is -0.421 e. The largest absolute Gasteiger partial charge is 0.421 e. The van der Waals surface area contributed by atoms with Crippen LogP contribution in [-0.2, 0) is 7.05 Å². The first-order valence-corrected chi connectivity index (χ1v) is 4.97. The Hall–Kier alpha value is -2.04. The summed E-state index contributed by atoms with van der Waals surface area (Å²) in [6.45, 7) is 3.82. The molecule has 5 heteroatoms. The predicted molar refractivity (Wildman–Crippen MR) is 61.4 cm³/mol. The molecule has 0 fully saturated rings. The summed E-state index contributed by atoms with van der Waals surface area (Å²) in [6.07, 6.45) is 1.57. The van der Waals surface area contributed by atoms with E-state index in [0.717, 1.165) is 11.3 Å². The average Bonchev–Trinajstić information content (AvgIpc) is 2.50. The predicted octanol–water partition coefficient (Wildman–Crippen LogP) is 1.81. The molecule has 2 heterocycles. The number of nitrogens with two attached hydrogens (primary N) is 1. The average molecular weight is 218 g/mol. The molecule has 5 nitrogen and oxygen atoms in total. The molecule has 0 radical (unpaired) electrons. The van der Waals surface area contributed by atoms with Crippen molar-refractivity contribution in [2.45, 2.75) is 13.8 Å². The van der Waals surface area contributed by atoms with Gasteiger partial charge in [0.2, 0.25) is 11.8 Å². The quantitative estimate of drug-likeness (QED) is 0.834. The lowest BCUT2D eigenvalue weighted by Gasteiger charge is -2.07. The van der Waals surface area contributed by atoms with E-state index >= 15 is 0 Å². The number of ether oxygens (including phenoxy) is 1. The van der Waals surface area contributed by atoms with Crippen molar-refractivity contribution in [1.82, 2.24) is 14.8 Å². The van der Waals surface area contributed by atoms with Crippen molar-refractivity contribution in [2.75, 3.05) is 5.73 Å². The third-order valence-electron chi connectivity index (χ3n) is 2.21. The van der Waals surface area contributed by atoms with Crippen LogP contribution in [0.1, 0.15) is 11.3 Å². The fraction of sp³-hybridized carbons (Fsp3) is 0.273. The Morgan fingerprint density at radius 3 is 2.62 bits per heavy atom. The SMILES string of the molecule is Cc1cc(Oc2ncc(N)cc2C)n(C)n1. The lowest BCUT2D eigenvalue weighted by molar-refractivity contribution is 0.412. The molecular weight excluding hydrogens is 204 g/mol. The van der Waals surface area contributed by atoms with Gasteiger partial charge in [-0.3, -0.25) is 0 Å². The van der Waals surface area contributed by atoms with Crippen LogP contribution in [0.2, 0.25) is 0 Å². The van der Waals surface area contributed by atoms with Crippen LogP contribution in [-0.4, -0.2) is 14.8 Å². The van der Waals surface area contributed by atoms with Gasteiger partial charge < -0.3 is 10.5 Å². The van der Waals surface area contributed by atoms with Crippen molar-refractivity contribution < 1.29 is 4.74 Å². The molecule has 2 rings (SSSR count). The summed E-state index contributed by atoms with van der Waals surface area (Å²) in [5.74, 6) is 1.22. The molecular formula is C11H14N4O. The second-order valence-electron chi connectivity index (χ2n) is 3.74. The van der Waals surface area contributed by atoms with Crippen LogP contribution >= 0.6 is 0 Å². The molecule has 0 aliphatic carbocycles. The number of pyridine rings is 1. The number of nitrogens with zero attached hydrogens (tertiary/aromatic N) is 3. The summed E-state index contributed by atoms with van der Waals surface area (Å²) in [5.41, 5.74) is 8.06. The zero-order valence-corrected chi connectivity index (χ0v) is 9.56. The second kappa shape index (κ2) is 3.84. The lowest BCUT2D eigenvalue weighted by atomic mass is 10.3. The Morgan fingerprint density at radius 1 is 1.31 bits per heavy atom. The summed E-state index contributed by atoms with van der Waals surface area (Å²) in [6, 6.07) is 3.68. The van der Waals surface area contributed by atoms with Crippen LogP contribution in [0.5, 0.6) is 11.8 Å². The number of hydrogen-bond donors (Lipinski definition) is 1. The molecule has 2 aromatic rings. The number of hydrogen-bond acceptors (Lipinski definition) is 4. The molecule has 0 aliphatic heterocycles. The summed E-state index contributed by atoms with van der Waals surface area (Å²) < 4.78 is 7.32. The van der Waals surface area contributed by atoms with E-state index in [-0.39, 0.29) is 0 Å². The summed E-state index contributed by atoms with van der Waals surface area (Å²) in [5, 5.41) is 4.19. The van der Waals surface area contributed by atoms with Crippen LogP contribution in [0.4, 0.5) is 5.69 Å². The van der Waals surface area contributed by atoms with Gasteiger partial charge >= 0.3 is 0 Å². The maximum Gasteiger partial charge on any atom is 0.224 e. The number of rotatable bonds is 2. The molecule has 16 heavy (non-hydrogen) atoms. The van der Waals surface area contributed by atoms with Crippen LogP contribution in [0.15, 0.2) is 18.3 Å². The first-order valence-electron chi connectivity index (χ1n) is 4.97. The number of nitrogen functional groups attached to an aromatic ring is 1. The van der Waals surface area contributed by atoms with E-state index in [1.807, 2.05) is 33.0 Å². The van der Waals surface area contributed by atoms with E-state index in [9.17, 15) is 0 Å². The van der Waals surface area contributed by atoms with E-state index in [1.54, 1.807) is 10.9 Å². The van der Waals surface area contributed by atoms with Crippen LogP contribution in [0, 0.1) is 13.8 Å². The van der Waals surface area contributed by atoms with Crippen molar-refractivity contribution in [1.29, 1.82) is 0 Å². The van der Waals surface area contributed by atoms with Gasteiger partial charge in [0, 0.05) is 18.7 Å². The minimum atomic E-state index is 0.553. The van der Waals surface area contributed by atoms with Crippen molar-refractivity contribution >= 4 is 5.69 Å². The highest BCUT2D eigenvalue weighted by Crippen LogP contribution is 2.23. The van der Waals surface area contributed by atoms with E-state index in [2.05, 4.69) is 10.1 Å². The normalized spacial score (nSPS) is 10.4. The van der Waals surface area contributed by atoms with Gasteiger partial charge in [0.25, 0.3) is 0 Å². The molecule has 0 spiro atoms. The van der Waals surface area contributed by atoms with Gasteiger partial charge in [-0.1, -0.05) is 0 Å². The summed E-state index contributed by atoms with van der Waals surface area (Å²) in [4.78, 5) is 4.14. The number of aromatic nitrogens is 3. The van der Waals surface area contributed by atoms with Crippen LogP contribution in [0.3, 0.4) is 0 Å². The van der Waals surface area contributed by atoms with E-state index in [4.69, 9.17) is 10.5 Å². The fourth-order valence-corrected chi connectivity index (χ4v) is 1.47. The Balaban J connectivity index is 2.30. The smallest absolute Gasteiger partial charge is 0.224 e. The monoisotopic (exact) mass is 218 g/mol. The number of anilines is 1. The topological polar surface area (TPSA) is 66.0 Å². The van der Waals surface area contributed by atoms with Gasteiger partial charge in [0.05, 0.1) is 17.6 Å². The molecule has 0 bridgehead atoms. The Kier molecular flexibility index (Phi) is 2.52. The zero-order chi connectivity index (χ0) is 11.7. The molecule has 2 N–H and O–H groups in total. The molecule has 0 aliphatic rings. The maximum absolute atomic E-state index is 5.65. The zero-order valence-electron chi connectivity index (χ0n) is 9.56. The standard InChI is InChI=1S/C11H14N4O/c1-7-4-9(12)6-13-11(7)16-10-5-8(2)14-15(10)3/h4-6H,12H2,1-3H3. The summed E-state index contributed by atoms with van der Waals surface area (Å²) in [7, 11) is 1.83. The van der Waals surface area contributed by atoms with E-state index < -0.39 is 0 Å². The Bertz CT molecular complexity index is 519. The van der Waals surface area contributed by atoms with Crippen LogP contribution in [0.25, 0.3) is 0 Å². The van der Waals surface area contributed by atoms with E-state index in [0.29, 0.717) is 17.4 Å². The number of aryl methyl sites for hydroxylation is 3. The molecule has 2 aromatic heterocycles. The van der Waals surface area contributed by atoms with Crippen molar-refractivity contribution in [3.8, 4) is 11.8 Å². The van der Waals surface area contributed by atoms with Gasteiger partial charge in [0.1, 0.15) is 0 Å². The lowest BCUT2D eigenvalue weighted by Crippen LogP contribution is -1.98. The highest BCUT2D eigenvalue weighted by atomic mass is 16.5. The van der Waals surface area contributed by atoms with Crippen molar-refractivity contribution in [2.24, 2.45) is 7.05 Å². The molecule has 0 aromatic carbocycles. The van der Waals surface area contributed by atoms with Gasteiger partial charge in [-0.15, -0.1) is 0 Å². The summed E-state index contributed by atoms with van der Waals surface area (Å²) >= 11 is 0. The minimum absolute atomic E-state index is 0.553. The van der Waals surface area contributed by atoms with Crippen molar-refractivity contribution in [3.63, 3.8) is 0 Å². The Morgan fingerprint density at radius 2 is 2.06 bits per heavy atom. The van der Waals surface area contributed by atoms with Gasteiger partial charge in [0.15, 0.2) is 0 Å². The highest BCUT2D eigenvalue weighted by Gasteiger charge is 2.07. The first-order chi connectivity index (χ1) is 7.56. The molecule has 0 saturated heterocycles. The molecule has 0 saturated carbocycles. The van der Waals surface area contributed by atoms with Crippen molar-refractivity contribution in [3.05, 3.63) is 29.6 Å². The van der Waals surface area contributed by atoms with Gasteiger partial charge in [-0.25, -0.2) is 9.67 Å². The van der Waals surface area contributed by atoms with E-state index in [1.165, 1.54) is 0 Å². The molecule has 0 atom stereocenters. The molecule has 0 unspecified atom stereocenters. The first kappa shape index (κ1) is 10.5. The van der Waals surface area contributed by atoms with Gasteiger partial charge in [-0.05, 0) is 19.9 Å². The highest BCUT2D eigenvalue weighted by molar-refractivity contribution is 5.42. The second-order valence-corrected chi connectivity index (χ2v) is 3.74. The third kappa shape index (κ3) is 1.98. The molecule has 0 amide bonds. The maximum atomic E-state index is 5.65. The fourth-order valence-electron chi connectivity index (χ4n) is 1.47. The third-order valence-corrected chi connectivity index (χ3v) is 2.21.